The van der Waals surface area contributed by atoms with E-state index in [1.807, 2.05) is 18.2 Å². The highest BCUT2D eigenvalue weighted by atomic mass is 31.2. The predicted octanol–water partition coefficient (Wildman–Crippen LogP) is 24.2. The van der Waals surface area contributed by atoms with Crippen molar-refractivity contribution >= 4 is 39.5 Å². The van der Waals surface area contributed by atoms with Crippen molar-refractivity contribution in [2.24, 2.45) is 0 Å². The first-order valence-electron chi connectivity index (χ1n) is 41.1. The number of allylic oxidation sites excluding steroid dienone is 24. The van der Waals surface area contributed by atoms with Crippen molar-refractivity contribution in [1.29, 1.82) is 0 Å². The van der Waals surface area contributed by atoms with Crippen LogP contribution in [-0.4, -0.2) is 96.7 Å². The van der Waals surface area contributed by atoms with Crippen molar-refractivity contribution in [2.45, 2.75) is 341 Å². The van der Waals surface area contributed by atoms with Gasteiger partial charge in [0.25, 0.3) is 0 Å². The molecule has 0 heterocycles. The van der Waals surface area contributed by atoms with Crippen molar-refractivity contribution in [3.05, 3.63) is 146 Å². The first-order valence-corrected chi connectivity index (χ1v) is 44.1. The van der Waals surface area contributed by atoms with Crippen LogP contribution in [0.4, 0.5) is 0 Å². The minimum atomic E-state index is -5.00. The van der Waals surface area contributed by atoms with Crippen LogP contribution < -0.4 is 0 Å². The van der Waals surface area contributed by atoms with E-state index in [4.69, 9.17) is 37.0 Å². The van der Waals surface area contributed by atoms with Gasteiger partial charge in [-0.3, -0.25) is 37.3 Å². The summed E-state index contributed by atoms with van der Waals surface area (Å²) in [5.74, 6) is -2.31. The van der Waals surface area contributed by atoms with E-state index in [9.17, 15) is 43.2 Å². The summed E-state index contributed by atoms with van der Waals surface area (Å²) >= 11 is 0. The van der Waals surface area contributed by atoms with Gasteiger partial charge in [-0.25, -0.2) is 9.13 Å². The molecule has 0 saturated carbocycles. The highest BCUT2D eigenvalue weighted by Gasteiger charge is 2.30. The third kappa shape index (κ3) is 77.1. The molecule has 17 nitrogen and oxygen atoms in total. The SMILES string of the molecule is CC/C=C\C/C=C\C/C=C\C/C=C\C/C=C\C/C=C\CCC(=O)OCC(COP(=O)(O)OCC(O)COP(=O)(O)OCC(COC(=O)CCCCCCCCC/C=C\C/C=C\C/C=C\CC)OC(=O)CCCCCCC/C=C\C/C=C\CCCCC)OC(=O)CCCCCCC/C=C\CCCCCCCC. The van der Waals surface area contributed by atoms with Crippen LogP contribution in [0.3, 0.4) is 0 Å². The molecule has 0 bridgehead atoms. The standard InChI is InChI=1S/C87H146O17P2/c1-5-9-13-17-21-25-29-33-37-39-40-42-46-48-52-56-60-64-68-72-85(90)98-78-83(104-87(92)74-70-66-62-58-54-50-44-36-32-28-24-20-16-12-8-4)80-102-106(95,96)100-76-81(88)75-99-105(93,94)101-79-82(103-86(91)73-69-65-61-57-53-49-43-35-31-27-23-19-15-11-7-3)77-97-84(89)71-67-63-59-55-51-47-45-41-38-34-30-26-22-18-14-10-6-2/h9-10,13-14,21-23,25-27,33-38,40,42-44,48,52,60,64,81-83,88H,5-8,11-12,15-20,24,28-32,39,41,45-47,49-51,53-59,61-63,65-80H2,1-4H3,(H,93,94)(H,95,96)/b13-9-,14-10-,25-21-,26-22-,27-23-,37-33-,38-34-,42-40-,43-35-,44-36-,52-48-,64-60-. The second-order valence-electron chi connectivity index (χ2n) is 26.9. The van der Waals surface area contributed by atoms with Crippen LogP contribution in [0.2, 0.25) is 0 Å². The zero-order chi connectivity index (χ0) is 77.4. The van der Waals surface area contributed by atoms with Crippen LogP contribution in [-0.2, 0) is 65.4 Å². The molecule has 5 atom stereocenters. The Morgan fingerprint density at radius 2 is 0.509 bits per heavy atom. The molecule has 0 aliphatic rings. The van der Waals surface area contributed by atoms with E-state index in [2.05, 4.69) is 155 Å². The number of unbranched alkanes of at least 4 members (excludes halogenated alkanes) is 26. The lowest BCUT2D eigenvalue weighted by molar-refractivity contribution is -0.161. The van der Waals surface area contributed by atoms with E-state index >= 15 is 0 Å². The number of aliphatic hydroxyl groups excluding tert-OH is 1. The van der Waals surface area contributed by atoms with E-state index in [0.717, 1.165) is 180 Å². The number of aliphatic hydroxyl groups is 1. The Morgan fingerprint density at radius 1 is 0.274 bits per heavy atom. The summed E-state index contributed by atoms with van der Waals surface area (Å²) in [4.78, 5) is 73.1. The van der Waals surface area contributed by atoms with Gasteiger partial charge in [-0.15, -0.1) is 0 Å². The minimum Gasteiger partial charge on any atom is -0.462 e. The Labute approximate surface area is 643 Å². The van der Waals surface area contributed by atoms with Crippen LogP contribution in [0.15, 0.2) is 146 Å². The molecule has 0 aromatic heterocycles. The van der Waals surface area contributed by atoms with Gasteiger partial charge in [-0.05, 0) is 154 Å². The van der Waals surface area contributed by atoms with Gasteiger partial charge >= 0.3 is 39.5 Å². The molecule has 0 fully saturated rings. The Morgan fingerprint density at radius 3 is 0.840 bits per heavy atom. The summed E-state index contributed by atoms with van der Waals surface area (Å²) in [6.45, 7) is 4.52. The molecule has 5 unspecified atom stereocenters. The van der Waals surface area contributed by atoms with Gasteiger partial charge in [0.2, 0.25) is 0 Å². The number of carbonyl (C=O) groups is 4. The van der Waals surface area contributed by atoms with Crippen molar-refractivity contribution in [1.82, 2.24) is 0 Å². The average molecular weight is 1530 g/mol. The second-order valence-corrected chi connectivity index (χ2v) is 29.8. The van der Waals surface area contributed by atoms with Gasteiger partial charge in [-0.2, -0.15) is 0 Å². The maximum Gasteiger partial charge on any atom is 0.472 e. The second kappa shape index (κ2) is 78.1. The number of carbonyl (C=O) groups excluding carboxylic acids is 4. The van der Waals surface area contributed by atoms with Crippen molar-refractivity contribution in [2.75, 3.05) is 39.6 Å². The minimum absolute atomic E-state index is 0.0313. The van der Waals surface area contributed by atoms with Crippen molar-refractivity contribution in [3.63, 3.8) is 0 Å². The summed E-state index contributed by atoms with van der Waals surface area (Å²) in [5, 5.41) is 10.7. The van der Waals surface area contributed by atoms with E-state index in [-0.39, 0.29) is 25.7 Å². The number of hydrogen-bond donors (Lipinski definition) is 3. The van der Waals surface area contributed by atoms with E-state index in [1.54, 1.807) is 0 Å². The highest BCUT2D eigenvalue weighted by Crippen LogP contribution is 2.45. The van der Waals surface area contributed by atoms with Gasteiger partial charge in [-0.1, -0.05) is 289 Å². The van der Waals surface area contributed by atoms with Gasteiger partial charge < -0.3 is 33.8 Å². The molecule has 0 aliphatic heterocycles. The fraction of sp³-hybridized carbons (Fsp3) is 0.678. The fourth-order valence-electron chi connectivity index (χ4n) is 10.6. The van der Waals surface area contributed by atoms with Gasteiger partial charge in [0.05, 0.1) is 26.4 Å². The van der Waals surface area contributed by atoms with Crippen LogP contribution in [0.25, 0.3) is 0 Å². The monoisotopic (exact) mass is 1530 g/mol. The molecular weight excluding hydrogens is 1380 g/mol. The summed E-state index contributed by atoms with van der Waals surface area (Å²) in [7, 11) is -10.00. The number of rotatable bonds is 76. The van der Waals surface area contributed by atoms with Gasteiger partial charge in [0.15, 0.2) is 12.2 Å². The maximum absolute atomic E-state index is 13.1. The number of phosphoric acid groups is 2. The molecule has 3 N–H and O–H groups in total. The first-order chi connectivity index (χ1) is 51.7. The molecular formula is C87H146O17P2. The molecule has 606 valence electrons. The molecule has 0 radical (unpaired) electrons. The van der Waals surface area contributed by atoms with Crippen LogP contribution in [0.5, 0.6) is 0 Å². The molecule has 0 aliphatic carbocycles. The van der Waals surface area contributed by atoms with Crippen molar-refractivity contribution in [3.8, 4) is 0 Å². The Bertz CT molecular complexity index is 2580. The van der Waals surface area contributed by atoms with Crippen LogP contribution in [0.1, 0.15) is 323 Å². The number of esters is 4. The lowest BCUT2D eigenvalue weighted by Gasteiger charge is -2.21. The maximum atomic E-state index is 13.1. The summed E-state index contributed by atoms with van der Waals surface area (Å²) in [5.41, 5.74) is 0. The van der Waals surface area contributed by atoms with Crippen molar-refractivity contribution < 1.29 is 80.2 Å². The molecule has 0 aromatic carbocycles. The summed E-state index contributed by atoms with van der Waals surface area (Å²) < 4.78 is 68.6. The topological polar surface area (TPSA) is 237 Å². The molecule has 0 aromatic rings. The number of ether oxygens (including phenoxy) is 4. The Kier molecular flexibility index (Phi) is 74.3. The third-order valence-corrected chi connectivity index (χ3v) is 18.7. The van der Waals surface area contributed by atoms with Crippen LogP contribution in [0, 0.1) is 0 Å². The van der Waals surface area contributed by atoms with E-state index in [1.165, 1.54) is 57.8 Å². The van der Waals surface area contributed by atoms with Crippen LogP contribution >= 0.6 is 15.6 Å². The molecule has 0 spiro atoms. The van der Waals surface area contributed by atoms with E-state index in [0.29, 0.717) is 32.1 Å². The predicted molar refractivity (Wildman–Crippen MR) is 436 cm³/mol. The smallest absolute Gasteiger partial charge is 0.462 e. The lowest BCUT2D eigenvalue weighted by Crippen LogP contribution is -2.30. The number of phosphoric ester groups is 2. The van der Waals surface area contributed by atoms with Gasteiger partial charge in [0.1, 0.15) is 19.3 Å². The molecule has 0 saturated heterocycles. The molecule has 106 heavy (non-hydrogen) atoms. The third-order valence-electron chi connectivity index (χ3n) is 16.8. The molecule has 0 rings (SSSR count). The molecule has 0 amide bonds. The fourth-order valence-corrected chi connectivity index (χ4v) is 12.2. The zero-order valence-corrected chi connectivity index (χ0v) is 68.1. The van der Waals surface area contributed by atoms with E-state index < -0.39 is 97.5 Å². The summed E-state index contributed by atoms with van der Waals surface area (Å²) in [6, 6.07) is 0. The summed E-state index contributed by atoms with van der Waals surface area (Å²) in [6.07, 6.45) is 89.7. The highest BCUT2D eigenvalue weighted by molar-refractivity contribution is 7.47. The Balaban J connectivity index is 5.45. The zero-order valence-electron chi connectivity index (χ0n) is 66.3. The quantitative estimate of drug-likeness (QED) is 0.0169. The lowest BCUT2D eigenvalue weighted by atomic mass is 10.1. The largest absolute Gasteiger partial charge is 0.472 e. The normalized spacial score (nSPS) is 14.6. The molecule has 19 heteroatoms. The Hall–Kier alpha value is -5.06. The number of hydrogen-bond acceptors (Lipinski definition) is 15. The average Bonchev–Trinajstić information content (AvgIpc) is 0.909. The first kappa shape index (κ1) is 101. The van der Waals surface area contributed by atoms with Gasteiger partial charge in [0, 0.05) is 25.7 Å².